The van der Waals surface area contributed by atoms with E-state index < -0.39 is 0 Å². The Balaban J connectivity index is 0.000000631. The van der Waals surface area contributed by atoms with Crippen molar-refractivity contribution in [3.8, 4) is 5.75 Å². The van der Waals surface area contributed by atoms with Gasteiger partial charge in [-0.1, -0.05) is 12.1 Å². The van der Waals surface area contributed by atoms with Gasteiger partial charge in [-0.25, -0.2) is 0 Å². The molecule has 3 nitrogen and oxygen atoms in total. The van der Waals surface area contributed by atoms with Gasteiger partial charge in [0.05, 0.1) is 7.11 Å². The van der Waals surface area contributed by atoms with Gasteiger partial charge in [-0.3, -0.25) is 4.79 Å². The molecule has 1 aromatic carbocycles. The first-order valence-corrected chi connectivity index (χ1v) is 18.6. The van der Waals surface area contributed by atoms with Crippen LogP contribution in [0.2, 0.25) is 0 Å². The van der Waals surface area contributed by atoms with E-state index in [9.17, 15) is 4.79 Å². The van der Waals surface area contributed by atoms with E-state index in [1.165, 1.54) is 12.5 Å². The number of hydrogen-bond acceptors (Lipinski definition) is 2. The minimum atomic E-state index is -0.278. The van der Waals surface area contributed by atoms with Crippen LogP contribution in [0.4, 0.5) is 0 Å². The molecule has 0 atom stereocenters. The van der Waals surface area contributed by atoms with E-state index >= 15 is 0 Å². The molecule has 1 rings (SSSR count). The number of halogens is 3. The third-order valence-electron chi connectivity index (χ3n) is 1.95. The van der Waals surface area contributed by atoms with E-state index in [1.54, 1.807) is 7.11 Å². The van der Waals surface area contributed by atoms with E-state index in [0.29, 0.717) is 6.54 Å². The van der Waals surface area contributed by atoms with Crippen LogP contribution in [0.3, 0.4) is 0 Å². The van der Waals surface area contributed by atoms with Gasteiger partial charge in [-0.2, -0.15) is 0 Å². The molecule has 0 aromatic heterocycles. The second-order valence-electron chi connectivity index (χ2n) is 3.27. The van der Waals surface area contributed by atoms with Crippen LogP contribution in [0, 0.1) is 0 Å². The van der Waals surface area contributed by atoms with Crippen LogP contribution >= 0.6 is 59.9 Å². The summed E-state index contributed by atoms with van der Waals surface area (Å²) in [6, 6.07) is 7.84. The van der Waals surface area contributed by atoms with Crippen LogP contribution in [0.1, 0.15) is 12.5 Å². The number of rotatable bonds is 4. The Bertz CT molecular complexity index is 344. The third-order valence-corrected chi connectivity index (χ3v) is 1.95. The van der Waals surface area contributed by atoms with Gasteiger partial charge in [0.15, 0.2) is 0 Å². The molecule has 0 bridgehead atoms. The normalized spacial score (nSPS) is 9.44. The van der Waals surface area contributed by atoms with E-state index in [4.69, 9.17) is 4.74 Å². The Labute approximate surface area is 146 Å². The first kappa shape index (κ1) is 19.3. The van der Waals surface area contributed by atoms with Gasteiger partial charge in [0.25, 0.3) is 0 Å². The van der Waals surface area contributed by atoms with Crippen LogP contribution in [-0.2, 0) is 16.1 Å². The van der Waals surface area contributed by atoms with Crippen molar-refractivity contribution in [3.05, 3.63) is 29.8 Å². The number of amides is 1. The quantitative estimate of drug-likeness (QED) is 0.514. The summed E-state index contributed by atoms with van der Waals surface area (Å²) in [7, 11) is 1.65. The van der Waals surface area contributed by atoms with Crippen LogP contribution in [0.25, 0.3) is 0 Å². The van der Waals surface area contributed by atoms with Crippen molar-refractivity contribution >= 4 is 65.8 Å². The second-order valence-corrected chi connectivity index (χ2v) is 38.6. The van der Waals surface area contributed by atoms with Crippen molar-refractivity contribution < 1.29 is 14.5 Å². The molecule has 0 aliphatic rings. The van der Waals surface area contributed by atoms with E-state index in [2.05, 4.69) is 65.3 Å². The SMILES string of the molecule is COc1ccc(CCNC(C)=O)cc1.[I][V]([I])[I]. The predicted octanol–water partition coefficient (Wildman–Crippen LogP) is 4.03. The van der Waals surface area contributed by atoms with Gasteiger partial charge >= 0.3 is 64.9 Å². The maximum atomic E-state index is 10.6. The van der Waals surface area contributed by atoms with Crippen molar-refractivity contribution in [2.24, 2.45) is 0 Å². The van der Waals surface area contributed by atoms with Crippen LogP contribution < -0.4 is 10.1 Å². The summed E-state index contributed by atoms with van der Waals surface area (Å²) in [4.78, 5) is 10.3. The number of carbonyl (C=O) groups excluding carboxylic acids is 1. The molecule has 0 saturated carbocycles. The van der Waals surface area contributed by atoms with Crippen molar-refractivity contribution in [2.45, 2.75) is 13.3 Å². The zero-order chi connectivity index (χ0) is 14.0. The molecule has 0 fully saturated rings. The zero-order valence-corrected chi connectivity index (χ0v) is 18.0. The number of ether oxygens (including phenoxy) is 1. The molecule has 0 heterocycles. The number of benzene rings is 1. The van der Waals surface area contributed by atoms with Crippen molar-refractivity contribution in [1.82, 2.24) is 5.32 Å². The van der Waals surface area contributed by atoms with Gasteiger partial charge in [-0.15, -0.1) is 0 Å². The van der Waals surface area contributed by atoms with Gasteiger partial charge in [0.1, 0.15) is 5.75 Å². The molecule has 0 radical (unpaired) electrons. The maximum absolute atomic E-state index is 10.6. The number of methoxy groups -OCH3 is 1. The fourth-order valence-corrected chi connectivity index (χ4v) is 1.18. The fraction of sp³-hybridized carbons (Fsp3) is 0.364. The average molecular weight is 625 g/mol. The van der Waals surface area contributed by atoms with E-state index in [-0.39, 0.29) is 10.8 Å². The van der Waals surface area contributed by atoms with Gasteiger partial charge in [0, 0.05) is 13.5 Å². The summed E-state index contributed by atoms with van der Waals surface area (Å²) in [5, 5.41) is 2.75. The Morgan fingerprint density at radius 3 is 2.17 bits per heavy atom. The van der Waals surface area contributed by atoms with Crippen molar-refractivity contribution in [2.75, 3.05) is 13.7 Å². The topological polar surface area (TPSA) is 38.3 Å². The molecular formula is C11H15I3NO2V. The Morgan fingerprint density at radius 1 is 1.28 bits per heavy atom. The zero-order valence-electron chi connectivity index (χ0n) is 10.1. The molecule has 1 amide bonds. The molecule has 0 aliphatic heterocycles. The molecule has 1 aromatic rings. The second kappa shape index (κ2) is 12.0. The standard InChI is InChI=1S/C11H15NO2.3HI.V/c1-9(13)12-8-7-10-3-5-11(14-2)6-4-10;;;;/h3-6H,7-8H2,1-2H3,(H,12,13);3*1H;/q;;;;+3/p-3. The van der Waals surface area contributed by atoms with E-state index in [0.717, 1.165) is 12.2 Å². The number of nitrogens with one attached hydrogen (secondary N) is 1. The van der Waals surface area contributed by atoms with Gasteiger partial charge < -0.3 is 10.1 Å². The third kappa shape index (κ3) is 12.3. The molecule has 1 N–H and O–H groups in total. The molecule has 0 unspecified atom stereocenters. The van der Waals surface area contributed by atoms with Gasteiger partial charge in [0.2, 0.25) is 5.91 Å². The van der Waals surface area contributed by atoms with Crippen LogP contribution in [-0.4, -0.2) is 19.6 Å². The Kier molecular flexibility index (Phi) is 12.9. The Morgan fingerprint density at radius 2 is 1.78 bits per heavy atom. The summed E-state index contributed by atoms with van der Waals surface area (Å²) in [5.74, 6) is 0.867. The van der Waals surface area contributed by atoms with Crippen molar-refractivity contribution in [3.63, 3.8) is 0 Å². The monoisotopic (exact) mass is 625 g/mol. The minimum absolute atomic E-state index is 0.0125. The summed E-state index contributed by atoms with van der Waals surface area (Å²) in [6.07, 6.45) is 0.851. The molecule has 0 aliphatic carbocycles. The summed E-state index contributed by atoms with van der Waals surface area (Å²) >= 11 is 7.39. The number of carbonyl (C=O) groups is 1. The first-order valence-electron chi connectivity index (χ1n) is 5.10. The number of hydrogen-bond donors (Lipinski definition) is 1. The van der Waals surface area contributed by atoms with E-state index in [1.807, 2.05) is 24.3 Å². The van der Waals surface area contributed by atoms with Gasteiger partial charge in [-0.05, 0) is 24.1 Å². The molecule has 102 valence electrons. The summed E-state index contributed by atoms with van der Waals surface area (Å²) in [5.41, 5.74) is 1.19. The molecular weight excluding hydrogens is 610 g/mol. The molecule has 7 heteroatoms. The fourth-order valence-electron chi connectivity index (χ4n) is 1.18. The summed E-state index contributed by atoms with van der Waals surface area (Å²) < 4.78 is 5.04. The van der Waals surface area contributed by atoms with Crippen LogP contribution in [0.5, 0.6) is 5.75 Å². The molecule has 0 spiro atoms. The predicted molar refractivity (Wildman–Crippen MR) is 97.4 cm³/mol. The summed E-state index contributed by atoms with van der Waals surface area (Å²) in [6.45, 7) is 2.20. The van der Waals surface area contributed by atoms with Crippen LogP contribution in [0.15, 0.2) is 24.3 Å². The molecule has 18 heavy (non-hydrogen) atoms. The average Bonchev–Trinajstić information content (AvgIpc) is 2.29. The Hall–Kier alpha value is 1.26. The van der Waals surface area contributed by atoms with Crippen molar-refractivity contribution in [1.29, 1.82) is 0 Å². The molecule has 0 saturated heterocycles. The first-order chi connectivity index (χ1) is 8.45.